The summed E-state index contributed by atoms with van der Waals surface area (Å²) >= 11 is 0. The standard InChI is InChI=1S/C18H21FN2O3/c19-15-2-1-6-20-17(15)24-13-18-5-9-23-16(18)3-7-21(12-18)10-14-4-8-22-11-14/h1-2,4,6,8,11,16H,3,5,7,9-10,12-13H2/t16-,18+/m1/s1. The Labute approximate surface area is 140 Å². The summed E-state index contributed by atoms with van der Waals surface area (Å²) < 4.78 is 30.6. The molecule has 4 heterocycles. The number of hydrogen-bond donors (Lipinski definition) is 0. The van der Waals surface area contributed by atoms with Crippen LogP contribution in [-0.4, -0.2) is 42.3 Å². The van der Waals surface area contributed by atoms with E-state index in [-0.39, 0.29) is 17.4 Å². The summed E-state index contributed by atoms with van der Waals surface area (Å²) in [4.78, 5) is 6.39. The molecule has 0 amide bonds. The molecule has 6 heteroatoms. The van der Waals surface area contributed by atoms with Gasteiger partial charge >= 0.3 is 0 Å². The van der Waals surface area contributed by atoms with E-state index in [1.54, 1.807) is 24.8 Å². The summed E-state index contributed by atoms with van der Waals surface area (Å²) in [6.07, 6.45) is 7.09. The minimum absolute atomic E-state index is 0.0736. The van der Waals surface area contributed by atoms with Crippen LogP contribution in [0.15, 0.2) is 41.3 Å². The minimum Gasteiger partial charge on any atom is -0.475 e. The third-order valence-corrected chi connectivity index (χ3v) is 5.06. The highest BCUT2D eigenvalue weighted by Crippen LogP contribution is 2.41. The third-order valence-electron chi connectivity index (χ3n) is 5.06. The summed E-state index contributed by atoms with van der Waals surface area (Å²) in [5, 5.41) is 0. The maximum Gasteiger partial charge on any atom is 0.250 e. The Hall–Kier alpha value is -1.92. The monoisotopic (exact) mass is 332 g/mol. The lowest BCUT2D eigenvalue weighted by Gasteiger charge is -2.43. The summed E-state index contributed by atoms with van der Waals surface area (Å²) in [5.74, 6) is -0.347. The third kappa shape index (κ3) is 3.03. The highest BCUT2D eigenvalue weighted by atomic mass is 19.1. The van der Waals surface area contributed by atoms with Crippen LogP contribution in [-0.2, 0) is 11.3 Å². The summed E-state index contributed by atoms with van der Waals surface area (Å²) in [7, 11) is 0. The van der Waals surface area contributed by atoms with E-state index in [1.165, 1.54) is 11.6 Å². The molecule has 2 atom stereocenters. The normalized spacial score (nSPS) is 27.1. The molecule has 2 fully saturated rings. The van der Waals surface area contributed by atoms with Gasteiger partial charge in [0.15, 0.2) is 5.82 Å². The molecular formula is C18H21FN2O3. The van der Waals surface area contributed by atoms with E-state index in [0.29, 0.717) is 6.61 Å². The van der Waals surface area contributed by atoms with E-state index < -0.39 is 5.82 Å². The van der Waals surface area contributed by atoms with Gasteiger partial charge in [0.25, 0.3) is 0 Å². The van der Waals surface area contributed by atoms with E-state index in [0.717, 1.165) is 39.1 Å². The van der Waals surface area contributed by atoms with Crippen molar-refractivity contribution in [1.82, 2.24) is 9.88 Å². The number of likely N-dealkylation sites (tertiary alicyclic amines) is 1. The summed E-state index contributed by atoms with van der Waals surface area (Å²) in [6.45, 7) is 3.86. The number of halogens is 1. The van der Waals surface area contributed by atoms with Gasteiger partial charge in [-0.15, -0.1) is 0 Å². The van der Waals surface area contributed by atoms with E-state index in [9.17, 15) is 4.39 Å². The molecule has 0 N–H and O–H groups in total. The van der Waals surface area contributed by atoms with Crippen LogP contribution < -0.4 is 4.74 Å². The van der Waals surface area contributed by atoms with Crippen molar-refractivity contribution < 1.29 is 18.3 Å². The van der Waals surface area contributed by atoms with Crippen LogP contribution in [0.4, 0.5) is 4.39 Å². The first-order valence-electron chi connectivity index (χ1n) is 8.34. The largest absolute Gasteiger partial charge is 0.475 e. The van der Waals surface area contributed by atoms with Gasteiger partial charge in [-0.1, -0.05) is 0 Å². The molecule has 2 saturated heterocycles. The predicted molar refractivity (Wildman–Crippen MR) is 85.1 cm³/mol. The van der Waals surface area contributed by atoms with Crippen LogP contribution in [0.3, 0.4) is 0 Å². The number of aromatic nitrogens is 1. The van der Waals surface area contributed by atoms with Crippen molar-refractivity contribution in [2.45, 2.75) is 25.5 Å². The molecule has 0 unspecified atom stereocenters. The van der Waals surface area contributed by atoms with Crippen molar-refractivity contribution in [3.63, 3.8) is 0 Å². The molecule has 0 radical (unpaired) electrons. The van der Waals surface area contributed by atoms with Gasteiger partial charge in [-0.25, -0.2) is 9.37 Å². The molecule has 0 aliphatic carbocycles. The molecule has 2 aromatic heterocycles. The highest BCUT2D eigenvalue weighted by Gasteiger charge is 2.48. The zero-order chi connectivity index (χ0) is 16.4. The topological polar surface area (TPSA) is 47.7 Å². The van der Waals surface area contributed by atoms with Crippen molar-refractivity contribution in [2.24, 2.45) is 5.41 Å². The Kier molecular flexibility index (Phi) is 4.24. The fraction of sp³-hybridized carbons (Fsp3) is 0.500. The average molecular weight is 332 g/mol. The van der Waals surface area contributed by atoms with Crippen LogP contribution in [0.2, 0.25) is 0 Å². The first-order valence-corrected chi connectivity index (χ1v) is 8.34. The maximum absolute atomic E-state index is 13.8. The van der Waals surface area contributed by atoms with Gasteiger partial charge in [-0.05, 0) is 31.0 Å². The maximum atomic E-state index is 13.8. The van der Waals surface area contributed by atoms with Gasteiger partial charge in [0.05, 0.1) is 25.2 Å². The van der Waals surface area contributed by atoms with Gasteiger partial charge in [0, 0.05) is 43.4 Å². The Balaban J connectivity index is 1.46. The number of piperidine rings is 1. The average Bonchev–Trinajstić information content (AvgIpc) is 3.23. The van der Waals surface area contributed by atoms with E-state index in [2.05, 4.69) is 9.88 Å². The molecule has 4 rings (SSSR count). The zero-order valence-electron chi connectivity index (χ0n) is 13.5. The number of hydrogen-bond acceptors (Lipinski definition) is 5. The van der Waals surface area contributed by atoms with Gasteiger partial charge in [0.1, 0.15) is 0 Å². The Morgan fingerprint density at radius 2 is 2.38 bits per heavy atom. The lowest BCUT2D eigenvalue weighted by molar-refractivity contribution is -0.0426. The van der Waals surface area contributed by atoms with Crippen LogP contribution in [0, 0.1) is 11.2 Å². The van der Waals surface area contributed by atoms with Gasteiger partial charge < -0.3 is 13.9 Å². The van der Waals surface area contributed by atoms with E-state index in [4.69, 9.17) is 13.9 Å². The number of ether oxygens (including phenoxy) is 2. The smallest absolute Gasteiger partial charge is 0.250 e. The first kappa shape index (κ1) is 15.6. The minimum atomic E-state index is -0.421. The molecule has 2 aromatic rings. The van der Waals surface area contributed by atoms with Crippen molar-refractivity contribution in [3.05, 3.63) is 48.3 Å². The molecule has 2 aliphatic rings. The van der Waals surface area contributed by atoms with Crippen LogP contribution in [0.5, 0.6) is 5.88 Å². The molecular weight excluding hydrogens is 311 g/mol. The van der Waals surface area contributed by atoms with Gasteiger partial charge in [0.2, 0.25) is 5.88 Å². The predicted octanol–water partition coefficient (Wildman–Crippen LogP) is 2.87. The lowest BCUT2D eigenvalue weighted by Crippen LogP contribution is -2.52. The number of furan rings is 1. The number of rotatable bonds is 5. The summed E-state index contributed by atoms with van der Waals surface area (Å²) in [5.41, 5.74) is 1.06. The van der Waals surface area contributed by atoms with Crippen molar-refractivity contribution in [3.8, 4) is 5.88 Å². The molecule has 0 aromatic carbocycles. The number of pyridine rings is 1. The molecule has 128 valence electrons. The first-order chi connectivity index (χ1) is 11.8. The fourth-order valence-corrected chi connectivity index (χ4v) is 3.81. The number of fused-ring (bicyclic) bond motifs is 1. The van der Waals surface area contributed by atoms with Gasteiger partial charge in [-0.2, -0.15) is 0 Å². The Morgan fingerprint density at radius 1 is 1.42 bits per heavy atom. The molecule has 5 nitrogen and oxygen atoms in total. The SMILES string of the molecule is Fc1cccnc1OC[C@@]12CCO[C@@H]1CCN(Cc1ccoc1)C2. The fourth-order valence-electron chi connectivity index (χ4n) is 3.81. The Morgan fingerprint density at radius 3 is 3.21 bits per heavy atom. The quantitative estimate of drug-likeness (QED) is 0.842. The Bertz CT molecular complexity index is 679. The van der Waals surface area contributed by atoms with Crippen LogP contribution >= 0.6 is 0 Å². The van der Waals surface area contributed by atoms with E-state index >= 15 is 0 Å². The zero-order valence-corrected chi connectivity index (χ0v) is 13.5. The second-order valence-electron chi connectivity index (χ2n) is 6.68. The van der Waals surface area contributed by atoms with Crippen molar-refractivity contribution in [2.75, 3.05) is 26.3 Å². The summed E-state index contributed by atoms with van der Waals surface area (Å²) in [6, 6.07) is 4.92. The molecule has 0 spiro atoms. The lowest BCUT2D eigenvalue weighted by atomic mass is 9.77. The second kappa shape index (κ2) is 6.53. The van der Waals surface area contributed by atoms with Crippen molar-refractivity contribution in [1.29, 1.82) is 0 Å². The van der Waals surface area contributed by atoms with Gasteiger partial charge in [-0.3, -0.25) is 4.90 Å². The number of nitrogens with zero attached hydrogens (tertiary/aromatic N) is 2. The highest BCUT2D eigenvalue weighted by molar-refractivity contribution is 5.13. The van der Waals surface area contributed by atoms with E-state index in [1.807, 2.05) is 6.07 Å². The second-order valence-corrected chi connectivity index (χ2v) is 6.68. The van der Waals surface area contributed by atoms with Crippen LogP contribution in [0.25, 0.3) is 0 Å². The molecule has 0 saturated carbocycles. The molecule has 2 aliphatic heterocycles. The molecule has 0 bridgehead atoms. The van der Waals surface area contributed by atoms with Crippen LogP contribution in [0.1, 0.15) is 18.4 Å². The molecule has 24 heavy (non-hydrogen) atoms. The van der Waals surface area contributed by atoms with Crippen molar-refractivity contribution >= 4 is 0 Å².